The van der Waals surface area contributed by atoms with Crippen LogP contribution < -0.4 is 10.6 Å². The molecule has 0 amide bonds. The molecular weight excluding hydrogens is 469 g/mol. The van der Waals surface area contributed by atoms with E-state index in [-0.39, 0.29) is 30.0 Å². The van der Waals surface area contributed by atoms with Crippen LogP contribution in [0.15, 0.2) is 64.5 Å². The maximum atomic E-state index is 12.2. The van der Waals surface area contributed by atoms with Gasteiger partial charge in [0, 0.05) is 29.3 Å². The maximum Gasteiger partial charge on any atom is 0.191 e. The molecular formula is C18H23ClIN3OS. The molecule has 2 rings (SSSR count). The van der Waals surface area contributed by atoms with Crippen LogP contribution >= 0.6 is 35.6 Å². The van der Waals surface area contributed by atoms with E-state index in [1.807, 2.05) is 61.5 Å². The summed E-state index contributed by atoms with van der Waals surface area (Å²) in [5.41, 5.74) is 1.08. The highest BCUT2D eigenvalue weighted by Crippen LogP contribution is 2.17. The summed E-state index contributed by atoms with van der Waals surface area (Å²) in [6, 6.07) is 17.3. The molecule has 2 atom stereocenters. The molecule has 0 aliphatic heterocycles. The predicted octanol–water partition coefficient (Wildman–Crippen LogP) is 3.99. The topological polar surface area (TPSA) is 53.5 Å². The lowest BCUT2D eigenvalue weighted by molar-refractivity contribution is 0.677. The summed E-state index contributed by atoms with van der Waals surface area (Å²) in [4.78, 5) is 5.05. The summed E-state index contributed by atoms with van der Waals surface area (Å²) in [7, 11) is 0.700. The van der Waals surface area contributed by atoms with Gasteiger partial charge in [-0.15, -0.1) is 24.0 Å². The van der Waals surface area contributed by atoms with Crippen molar-refractivity contribution in [1.82, 2.24) is 10.6 Å². The summed E-state index contributed by atoms with van der Waals surface area (Å²) in [5, 5.41) is 7.21. The third kappa shape index (κ3) is 7.33. The van der Waals surface area contributed by atoms with Crippen LogP contribution in [-0.2, 0) is 10.8 Å². The lowest BCUT2D eigenvalue weighted by Gasteiger charge is -2.18. The van der Waals surface area contributed by atoms with Crippen LogP contribution in [0.4, 0.5) is 0 Å². The van der Waals surface area contributed by atoms with Gasteiger partial charge in [-0.2, -0.15) is 0 Å². The van der Waals surface area contributed by atoms with Gasteiger partial charge in [0.15, 0.2) is 5.96 Å². The van der Waals surface area contributed by atoms with Crippen molar-refractivity contribution >= 4 is 52.3 Å². The van der Waals surface area contributed by atoms with Crippen molar-refractivity contribution in [1.29, 1.82) is 0 Å². The molecule has 0 heterocycles. The zero-order valence-electron chi connectivity index (χ0n) is 14.2. The van der Waals surface area contributed by atoms with E-state index in [0.29, 0.717) is 23.3 Å². The van der Waals surface area contributed by atoms with E-state index < -0.39 is 10.8 Å². The Hall–Kier alpha value is -1.12. The standard InChI is InChI=1S/C18H22ClN3OS.HI/c1-14(15-7-6-8-16(19)13-15)22-18(20-2)21-11-12-24(23)17-9-4-3-5-10-17;/h3-10,13-14H,11-12H2,1-2H3,(H2,20,21,22);1H. The van der Waals surface area contributed by atoms with Gasteiger partial charge in [0.2, 0.25) is 0 Å². The van der Waals surface area contributed by atoms with Gasteiger partial charge < -0.3 is 10.6 Å². The van der Waals surface area contributed by atoms with Gasteiger partial charge in [-0.3, -0.25) is 9.20 Å². The van der Waals surface area contributed by atoms with Crippen LogP contribution in [0.1, 0.15) is 18.5 Å². The number of hydrogen-bond donors (Lipinski definition) is 2. The Morgan fingerprint density at radius 3 is 2.56 bits per heavy atom. The molecule has 0 aliphatic rings. The Kier molecular flexibility index (Phi) is 10.1. The van der Waals surface area contributed by atoms with Gasteiger partial charge in [-0.05, 0) is 36.8 Å². The first-order chi connectivity index (χ1) is 11.6. The molecule has 136 valence electrons. The molecule has 0 saturated carbocycles. The average molecular weight is 492 g/mol. The lowest BCUT2D eigenvalue weighted by atomic mass is 10.1. The monoisotopic (exact) mass is 491 g/mol. The SMILES string of the molecule is CN=C(NCCS(=O)c1ccccc1)NC(C)c1cccc(Cl)c1.I. The van der Waals surface area contributed by atoms with Crippen molar-refractivity contribution in [3.63, 3.8) is 0 Å². The normalized spacial score (nSPS) is 13.5. The number of guanidine groups is 1. The van der Waals surface area contributed by atoms with Crippen molar-refractivity contribution in [3.8, 4) is 0 Å². The number of halogens is 2. The minimum absolute atomic E-state index is 0. The first-order valence-electron chi connectivity index (χ1n) is 7.76. The fourth-order valence-electron chi connectivity index (χ4n) is 2.21. The molecule has 0 saturated heterocycles. The molecule has 2 unspecified atom stereocenters. The van der Waals surface area contributed by atoms with Crippen molar-refractivity contribution in [2.45, 2.75) is 17.9 Å². The van der Waals surface area contributed by atoms with Crippen LogP contribution in [0, 0.1) is 0 Å². The van der Waals surface area contributed by atoms with Crippen molar-refractivity contribution in [2.24, 2.45) is 4.99 Å². The Morgan fingerprint density at radius 2 is 1.92 bits per heavy atom. The summed E-state index contributed by atoms with van der Waals surface area (Å²) in [6.07, 6.45) is 0. The fourth-order valence-corrected chi connectivity index (χ4v) is 3.39. The maximum absolute atomic E-state index is 12.2. The lowest BCUT2D eigenvalue weighted by Crippen LogP contribution is -2.40. The zero-order chi connectivity index (χ0) is 17.4. The van der Waals surface area contributed by atoms with Crippen LogP contribution in [-0.4, -0.2) is 29.5 Å². The van der Waals surface area contributed by atoms with E-state index >= 15 is 0 Å². The fraction of sp³-hybridized carbons (Fsp3) is 0.278. The number of nitrogens with zero attached hydrogens (tertiary/aromatic N) is 1. The van der Waals surface area contributed by atoms with E-state index in [1.54, 1.807) is 7.05 Å². The van der Waals surface area contributed by atoms with Gasteiger partial charge in [0.05, 0.1) is 16.8 Å². The quantitative estimate of drug-likeness (QED) is 0.365. The second-order valence-electron chi connectivity index (χ2n) is 5.28. The van der Waals surface area contributed by atoms with Gasteiger partial charge >= 0.3 is 0 Å². The molecule has 0 fully saturated rings. The summed E-state index contributed by atoms with van der Waals surface area (Å²) >= 11 is 6.03. The Balaban J connectivity index is 0.00000312. The number of rotatable bonds is 6. The molecule has 0 bridgehead atoms. The average Bonchev–Trinajstić information content (AvgIpc) is 2.61. The third-order valence-corrected chi connectivity index (χ3v) is 5.12. The molecule has 0 aliphatic carbocycles. The van der Waals surface area contributed by atoms with E-state index in [9.17, 15) is 4.21 Å². The first kappa shape index (κ1) is 21.9. The van der Waals surface area contributed by atoms with Gasteiger partial charge in [0.1, 0.15) is 0 Å². The van der Waals surface area contributed by atoms with Crippen molar-refractivity contribution in [2.75, 3.05) is 19.3 Å². The number of hydrogen-bond acceptors (Lipinski definition) is 2. The minimum atomic E-state index is -1.02. The molecule has 25 heavy (non-hydrogen) atoms. The molecule has 2 N–H and O–H groups in total. The molecule has 4 nitrogen and oxygen atoms in total. The van der Waals surface area contributed by atoms with E-state index in [4.69, 9.17) is 11.6 Å². The smallest absolute Gasteiger partial charge is 0.191 e. The third-order valence-electron chi connectivity index (χ3n) is 3.51. The second kappa shape index (κ2) is 11.5. The second-order valence-corrected chi connectivity index (χ2v) is 7.29. The molecule has 0 aromatic heterocycles. The number of benzene rings is 2. The largest absolute Gasteiger partial charge is 0.355 e. The van der Waals surface area contributed by atoms with Crippen molar-refractivity contribution in [3.05, 3.63) is 65.2 Å². The van der Waals surface area contributed by atoms with Crippen LogP contribution in [0.5, 0.6) is 0 Å². The zero-order valence-corrected chi connectivity index (χ0v) is 18.1. The van der Waals surface area contributed by atoms with E-state index in [0.717, 1.165) is 10.5 Å². The Bertz CT molecular complexity index is 712. The highest BCUT2D eigenvalue weighted by atomic mass is 127. The van der Waals surface area contributed by atoms with Crippen LogP contribution in [0.2, 0.25) is 5.02 Å². The Morgan fingerprint density at radius 1 is 1.20 bits per heavy atom. The molecule has 0 spiro atoms. The predicted molar refractivity (Wildman–Crippen MR) is 117 cm³/mol. The van der Waals surface area contributed by atoms with E-state index in [1.165, 1.54) is 0 Å². The van der Waals surface area contributed by atoms with Crippen LogP contribution in [0.3, 0.4) is 0 Å². The van der Waals surface area contributed by atoms with Gasteiger partial charge in [0.25, 0.3) is 0 Å². The highest BCUT2D eigenvalue weighted by Gasteiger charge is 2.09. The first-order valence-corrected chi connectivity index (χ1v) is 9.46. The molecule has 2 aromatic rings. The van der Waals surface area contributed by atoms with Crippen molar-refractivity contribution < 1.29 is 4.21 Å². The molecule has 7 heteroatoms. The number of nitrogens with one attached hydrogen (secondary N) is 2. The molecule has 0 radical (unpaired) electrons. The Labute approximate surface area is 173 Å². The van der Waals surface area contributed by atoms with Crippen LogP contribution in [0.25, 0.3) is 0 Å². The van der Waals surface area contributed by atoms with Gasteiger partial charge in [-0.1, -0.05) is 41.9 Å². The van der Waals surface area contributed by atoms with Gasteiger partial charge in [-0.25, -0.2) is 0 Å². The summed E-state index contributed by atoms with van der Waals surface area (Å²) in [6.45, 7) is 2.62. The number of aliphatic imine (C=N–C) groups is 1. The summed E-state index contributed by atoms with van der Waals surface area (Å²) in [5.74, 6) is 1.20. The molecule has 2 aromatic carbocycles. The minimum Gasteiger partial charge on any atom is -0.355 e. The van der Waals surface area contributed by atoms with E-state index in [2.05, 4.69) is 15.6 Å². The summed E-state index contributed by atoms with van der Waals surface area (Å²) < 4.78 is 12.2. The highest BCUT2D eigenvalue weighted by molar-refractivity contribution is 14.0.